The van der Waals surface area contributed by atoms with E-state index in [1.54, 1.807) is 7.05 Å². The topological polar surface area (TPSA) is 84.9 Å². The van der Waals surface area contributed by atoms with E-state index in [9.17, 15) is 14.4 Å². The maximum Gasteiger partial charge on any atom is 0.412 e. The molecule has 0 aliphatic heterocycles. The quantitative estimate of drug-likeness (QED) is 0.255. The summed E-state index contributed by atoms with van der Waals surface area (Å²) in [6.45, 7) is 4.17. The molecular weight excluding hydrogens is 300 g/mol. The van der Waals surface area contributed by atoms with Gasteiger partial charge in [-0.15, -0.1) is 0 Å². The molecule has 2 unspecified atom stereocenters. The van der Waals surface area contributed by atoms with E-state index in [4.69, 9.17) is 9.47 Å². The average Bonchev–Trinajstić information content (AvgIpc) is 2.50. The van der Waals surface area contributed by atoms with Crippen LogP contribution in [0.5, 0.6) is 0 Å². The predicted octanol–water partition coefficient (Wildman–Crippen LogP) is 2.09. The number of ether oxygens (including phenoxy) is 2. The minimum Gasteiger partial charge on any atom is -0.425 e. The molecule has 0 saturated heterocycles. The monoisotopic (exact) mass is 330 g/mol. The summed E-state index contributed by atoms with van der Waals surface area (Å²) < 4.78 is 10.1. The van der Waals surface area contributed by atoms with Gasteiger partial charge in [0.25, 0.3) is 0 Å². The summed E-state index contributed by atoms with van der Waals surface area (Å²) in [4.78, 5) is 35.2. The van der Waals surface area contributed by atoms with E-state index >= 15 is 0 Å². The first-order valence-electron chi connectivity index (χ1n) is 8.13. The van der Waals surface area contributed by atoms with Gasteiger partial charge in [0.05, 0.1) is 0 Å². The van der Waals surface area contributed by atoms with E-state index in [-0.39, 0.29) is 18.4 Å². The highest BCUT2D eigenvalue weighted by Crippen LogP contribution is 2.10. The maximum absolute atomic E-state index is 12.0. The summed E-state index contributed by atoms with van der Waals surface area (Å²) in [5.41, 5.74) is 0. The molecule has 23 heavy (non-hydrogen) atoms. The molecule has 7 nitrogen and oxygen atoms in total. The van der Waals surface area contributed by atoms with E-state index in [0.717, 1.165) is 32.1 Å². The van der Waals surface area contributed by atoms with E-state index in [1.165, 1.54) is 11.8 Å². The minimum atomic E-state index is -0.908. The van der Waals surface area contributed by atoms with Gasteiger partial charge >= 0.3 is 12.1 Å². The molecule has 0 heterocycles. The van der Waals surface area contributed by atoms with Crippen LogP contribution in [0.15, 0.2) is 0 Å². The van der Waals surface area contributed by atoms with Crippen molar-refractivity contribution in [2.45, 2.75) is 64.7 Å². The van der Waals surface area contributed by atoms with Gasteiger partial charge in [0.15, 0.2) is 0 Å². The lowest BCUT2D eigenvalue weighted by Gasteiger charge is -2.25. The van der Waals surface area contributed by atoms with Crippen LogP contribution in [0.1, 0.15) is 52.4 Å². The van der Waals surface area contributed by atoms with Crippen LogP contribution in [-0.2, 0) is 19.1 Å². The van der Waals surface area contributed by atoms with E-state index < -0.39 is 12.4 Å². The van der Waals surface area contributed by atoms with Crippen LogP contribution in [-0.4, -0.2) is 56.2 Å². The fourth-order valence-electron chi connectivity index (χ4n) is 1.94. The number of carbonyl (C=O) groups is 3. The predicted molar refractivity (Wildman–Crippen MR) is 87.0 cm³/mol. The maximum atomic E-state index is 12.0. The fourth-order valence-corrected chi connectivity index (χ4v) is 1.94. The molecule has 0 rings (SSSR count). The Morgan fingerprint density at radius 3 is 2.48 bits per heavy atom. The van der Waals surface area contributed by atoms with Gasteiger partial charge in [-0.3, -0.25) is 4.79 Å². The van der Waals surface area contributed by atoms with Crippen LogP contribution in [0.3, 0.4) is 0 Å². The summed E-state index contributed by atoms with van der Waals surface area (Å²) in [6.07, 6.45) is 3.44. The van der Waals surface area contributed by atoms with Crippen molar-refractivity contribution >= 4 is 18.3 Å². The standard InChI is InChI=1S/C16H30N2O5/c1-13(9-6-5-7-12-19)18(4)16(21)23-14(2)22-15(20)10-8-11-17-3/h12-14,17H,5-11H2,1-4H3. The van der Waals surface area contributed by atoms with Gasteiger partial charge in [-0.2, -0.15) is 0 Å². The second-order valence-corrected chi connectivity index (χ2v) is 5.56. The highest BCUT2D eigenvalue weighted by atomic mass is 16.7. The molecule has 2 atom stereocenters. The highest BCUT2D eigenvalue weighted by molar-refractivity contribution is 5.70. The van der Waals surface area contributed by atoms with Gasteiger partial charge in [0.1, 0.15) is 6.29 Å². The summed E-state index contributed by atoms with van der Waals surface area (Å²) in [7, 11) is 3.46. The Hall–Kier alpha value is -1.63. The molecular formula is C16H30N2O5. The van der Waals surface area contributed by atoms with Gasteiger partial charge in [-0.25, -0.2) is 4.79 Å². The molecule has 0 bridgehead atoms. The molecule has 0 saturated carbocycles. The highest BCUT2D eigenvalue weighted by Gasteiger charge is 2.20. The molecule has 1 N–H and O–H groups in total. The van der Waals surface area contributed by atoms with Gasteiger partial charge < -0.3 is 24.5 Å². The van der Waals surface area contributed by atoms with Crippen LogP contribution >= 0.6 is 0 Å². The molecule has 0 aromatic rings. The Kier molecular flexibility index (Phi) is 12.0. The third kappa shape index (κ3) is 10.7. The number of amides is 1. The Morgan fingerprint density at radius 2 is 1.87 bits per heavy atom. The van der Waals surface area contributed by atoms with E-state index in [0.29, 0.717) is 12.8 Å². The number of nitrogens with one attached hydrogen (secondary N) is 1. The van der Waals surface area contributed by atoms with Crippen molar-refractivity contribution in [3.05, 3.63) is 0 Å². The lowest BCUT2D eigenvalue weighted by atomic mass is 10.1. The molecule has 0 aromatic heterocycles. The second-order valence-electron chi connectivity index (χ2n) is 5.56. The SMILES string of the molecule is CNCCCC(=O)OC(C)OC(=O)N(C)C(C)CCCCC=O. The molecule has 0 fully saturated rings. The molecule has 134 valence electrons. The van der Waals surface area contributed by atoms with Crippen molar-refractivity contribution in [2.75, 3.05) is 20.6 Å². The van der Waals surface area contributed by atoms with Crippen LogP contribution in [0.25, 0.3) is 0 Å². The largest absolute Gasteiger partial charge is 0.425 e. The number of hydrogen-bond donors (Lipinski definition) is 1. The summed E-state index contributed by atoms with van der Waals surface area (Å²) >= 11 is 0. The third-order valence-corrected chi connectivity index (χ3v) is 3.51. The smallest absolute Gasteiger partial charge is 0.412 e. The van der Waals surface area contributed by atoms with Crippen LogP contribution in [0, 0.1) is 0 Å². The van der Waals surface area contributed by atoms with E-state index in [1.807, 2.05) is 14.0 Å². The number of carbonyl (C=O) groups excluding carboxylic acids is 3. The van der Waals surface area contributed by atoms with Crippen LogP contribution < -0.4 is 5.32 Å². The lowest BCUT2D eigenvalue weighted by molar-refractivity contribution is -0.166. The van der Waals surface area contributed by atoms with Gasteiger partial charge in [-0.1, -0.05) is 6.42 Å². The van der Waals surface area contributed by atoms with Gasteiger partial charge in [0, 0.05) is 32.9 Å². The molecule has 0 aliphatic carbocycles. The normalized spacial score (nSPS) is 13.0. The molecule has 7 heteroatoms. The first-order chi connectivity index (χ1) is 10.9. The minimum absolute atomic E-state index is 0.00678. The Balaban J connectivity index is 4.04. The number of esters is 1. The number of unbranched alkanes of at least 4 members (excludes halogenated alkanes) is 2. The average molecular weight is 330 g/mol. The van der Waals surface area contributed by atoms with Crippen molar-refractivity contribution < 1.29 is 23.9 Å². The van der Waals surface area contributed by atoms with Crippen LogP contribution in [0.4, 0.5) is 4.79 Å². The zero-order valence-electron chi connectivity index (χ0n) is 14.7. The summed E-state index contributed by atoms with van der Waals surface area (Å²) in [6, 6.07) is -0.00678. The van der Waals surface area contributed by atoms with Gasteiger partial charge in [0.2, 0.25) is 6.29 Å². The molecule has 0 radical (unpaired) electrons. The fraction of sp³-hybridized carbons (Fsp3) is 0.812. The van der Waals surface area contributed by atoms with Gasteiger partial charge in [-0.05, 0) is 39.8 Å². The first kappa shape index (κ1) is 21.4. The number of aldehydes is 1. The molecule has 0 spiro atoms. The Morgan fingerprint density at radius 1 is 1.17 bits per heavy atom. The Labute approximate surface area is 138 Å². The number of rotatable bonds is 12. The number of hydrogen-bond acceptors (Lipinski definition) is 6. The zero-order valence-corrected chi connectivity index (χ0v) is 14.7. The zero-order chi connectivity index (χ0) is 17.7. The van der Waals surface area contributed by atoms with Crippen molar-refractivity contribution in [2.24, 2.45) is 0 Å². The van der Waals surface area contributed by atoms with Crippen LogP contribution in [0.2, 0.25) is 0 Å². The first-order valence-corrected chi connectivity index (χ1v) is 8.13. The van der Waals surface area contributed by atoms with Crippen molar-refractivity contribution in [3.8, 4) is 0 Å². The van der Waals surface area contributed by atoms with E-state index in [2.05, 4.69) is 5.32 Å². The van der Waals surface area contributed by atoms with Crippen molar-refractivity contribution in [1.29, 1.82) is 0 Å². The second kappa shape index (κ2) is 12.9. The van der Waals surface area contributed by atoms with Crippen molar-refractivity contribution in [3.63, 3.8) is 0 Å². The summed E-state index contributed by atoms with van der Waals surface area (Å²) in [5, 5.41) is 2.94. The molecule has 1 amide bonds. The Bertz CT molecular complexity index is 362. The number of nitrogens with zero attached hydrogens (tertiary/aromatic N) is 1. The molecule has 0 aromatic carbocycles. The van der Waals surface area contributed by atoms with Crippen molar-refractivity contribution in [1.82, 2.24) is 10.2 Å². The lowest BCUT2D eigenvalue weighted by Crippen LogP contribution is -2.38. The third-order valence-electron chi connectivity index (χ3n) is 3.51. The summed E-state index contributed by atoms with van der Waals surface area (Å²) in [5.74, 6) is -0.384. The molecule has 0 aliphatic rings.